The number of hydrogen-bond acceptors (Lipinski definition) is 4. The first-order chi connectivity index (χ1) is 11.5. The minimum atomic E-state index is -0.751. The van der Waals surface area contributed by atoms with Crippen molar-refractivity contribution in [2.45, 2.75) is 38.6 Å². The molecule has 3 N–H and O–H groups in total. The van der Waals surface area contributed by atoms with Crippen LogP contribution < -0.4 is 20.1 Å². The maximum atomic E-state index is 12.1. The van der Waals surface area contributed by atoms with Crippen LogP contribution in [-0.2, 0) is 4.79 Å². The number of carbonyl (C=O) groups excluding carboxylic acids is 1. The Labute approximate surface area is 141 Å². The van der Waals surface area contributed by atoms with E-state index in [0.29, 0.717) is 49.5 Å². The Morgan fingerprint density at radius 1 is 1.21 bits per heavy atom. The number of carboxylic acids is 1. The van der Waals surface area contributed by atoms with Crippen LogP contribution in [0.3, 0.4) is 0 Å². The van der Waals surface area contributed by atoms with Crippen LogP contribution in [0.4, 0.5) is 10.5 Å². The van der Waals surface area contributed by atoms with Gasteiger partial charge in [0.05, 0.1) is 19.6 Å². The van der Waals surface area contributed by atoms with Crippen molar-refractivity contribution in [3.8, 4) is 11.5 Å². The molecule has 1 fully saturated rings. The number of hydrogen-bond donors (Lipinski definition) is 3. The molecular formula is C17H24N2O5. The van der Waals surface area contributed by atoms with Crippen molar-refractivity contribution in [1.29, 1.82) is 0 Å². The maximum absolute atomic E-state index is 12.1. The molecule has 24 heavy (non-hydrogen) atoms. The van der Waals surface area contributed by atoms with Gasteiger partial charge in [-0.25, -0.2) is 4.79 Å². The third-order valence-corrected chi connectivity index (χ3v) is 4.13. The second-order valence-corrected chi connectivity index (χ2v) is 5.78. The number of methoxy groups -OCH3 is 1. The van der Waals surface area contributed by atoms with Gasteiger partial charge in [0.25, 0.3) is 0 Å². The van der Waals surface area contributed by atoms with Crippen molar-refractivity contribution < 1.29 is 24.2 Å². The average molecular weight is 336 g/mol. The van der Waals surface area contributed by atoms with Crippen molar-refractivity contribution in [1.82, 2.24) is 5.32 Å². The normalized spacial score (nSPS) is 20.1. The van der Waals surface area contributed by atoms with Crippen LogP contribution in [0.15, 0.2) is 18.2 Å². The summed E-state index contributed by atoms with van der Waals surface area (Å²) >= 11 is 0. The van der Waals surface area contributed by atoms with E-state index in [1.165, 1.54) is 0 Å². The number of benzene rings is 1. The molecule has 0 spiro atoms. The van der Waals surface area contributed by atoms with Crippen LogP contribution in [0.2, 0.25) is 0 Å². The minimum Gasteiger partial charge on any atom is -0.493 e. The number of aliphatic carboxylic acids is 1. The molecule has 1 aromatic rings. The van der Waals surface area contributed by atoms with Gasteiger partial charge in [-0.2, -0.15) is 0 Å². The van der Waals surface area contributed by atoms with E-state index in [4.69, 9.17) is 14.6 Å². The van der Waals surface area contributed by atoms with Crippen molar-refractivity contribution >= 4 is 17.7 Å². The summed E-state index contributed by atoms with van der Waals surface area (Å²) in [5, 5.41) is 14.6. The van der Waals surface area contributed by atoms with Crippen molar-refractivity contribution in [2.75, 3.05) is 19.0 Å². The van der Waals surface area contributed by atoms with E-state index in [-0.39, 0.29) is 18.0 Å². The quantitative estimate of drug-likeness (QED) is 0.742. The fourth-order valence-electron chi connectivity index (χ4n) is 2.86. The van der Waals surface area contributed by atoms with Crippen molar-refractivity contribution in [3.05, 3.63) is 18.2 Å². The lowest BCUT2D eigenvalue weighted by atomic mass is 9.86. The summed E-state index contributed by atoms with van der Waals surface area (Å²) in [6.45, 7) is 2.42. The molecule has 1 aliphatic rings. The lowest BCUT2D eigenvalue weighted by Crippen LogP contribution is -2.40. The van der Waals surface area contributed by atoms with Gasteiger partial charge < -0.3 is 25.2 Å². The fraction of sp³-hybridized carbons (Fsp3) is 0.529. The van der Waals surface area contributed by atoms with Gasteiger partial charge in [-0.05, 0) is 44.7 Å². The number of ether oxygens (including phenoxy) is 2. The third kappa shape index (κ3) is 4.78. The summed E-state index contributed by atoms with van der Waals surface area (Å²) in [4.78, 5) is 23.0. The molecule has 1 aliphatic carbocycles. The first-order valence-electron chi connectivity index (χ1n) is 8.14. The van der Waals surface area contributed by atoms with Crippen LogP contribution in [0.5, 0.6) is 11.5 Å². The molecule has 0 saturated heterocycles. The smallest absolute Gasteiger partial charge is 0.319 e. The van der Waals surface area contributed by atoms with Gasteiger partial charge in [0, 0.05) is 17.8 Å². The third-order valence-electron chi connectivity index (χ3n) is 4.13. The summed E-state index contributed by atoms with van der Waals surface area (Å²) in [5.74, 6) is 0.135. The predicted molar refractivity (Wildman–Crippen MR) is 89.7 cm³/mol. The molecule has 0 unspecified atom stereocenters. The number of carboxylic acid groups (broad SMARTS) is 1. The number of nitrogens with one attached hydrogen (secondary N) is 2. The highest BCUT2D eigenvalue weighted by Crippen LogP contribution is 2.30. The fourth-order valence-corrected chi connectivity index (χ4v) is 2.86. The van der Waals surface area contributed by atoms with E-state index >= 15 is 0 Å². The predicted octanol–water partition coefficient (Wildman–Crippen LogP) is 2.86. The minimum absolute atomic E-state index is 0.00481. The van der Waals surface area contributed by atoms with Gasteiger partial charge in [0.2, 0.25) is 0 Å². The van der Waals surface area contributed by atoms with Crippen LogP contribution in [-0.4, -0.2) is 36.9 Å². The number of rotatable bonds is 6. The zero-order valence-corrected chi connectivity index (χ0v) is 14.0. The molecule has 1 saturated carbocycles. The number of urea groups is 1. The second kappa shape index (κ2) is 8.42. The topological polar surface area (TPSA) is 96.9 Å². The highest BCUT2D eigenvalue weighted by Gasteiger charge is 2.26. The van der Waals surface area contributed by atoms with Crippen molar-refractivity contribution in [3.63, 3.8) is 0 Å². The van der Waals surface area contributed by atoms with Crippen LogP contribution in [0, 0.1) is 5.92 Å². The molecule has 7 nitrogen and oxygen atoms in total. The van der Waals surface area contributed by atoms with Crippen molar-refractivity contribution in [2.24, 2.45) is 5.92 Å². The van der Waals surface area contributed by atoms with Crippen LogP contribution >= 0.6 is 0 Å². The Balaban J connectivity index is 1.87. The maximum Gasteiger partial charge on any atom is 0.319 e. The van der Waals surface area contributed by atoms with Gasteiger partial charge in [0.15, 0.2) is 11.5 Å². The Morgan fingerprint density at radius 2 is 1.92 bits per heavy atom. The molecule has 0 aliphatic heterocycles. The number of anilines is 1. The number of amides is 2. The van der Waals surface area contributed by atoms with E-state index < -0.39 is 5.97 Å². The molecule has 0 atom stereocenters. The monoisotopic (exact) mass is 336 g/mol. The molecule has 0 aromatic heterocycles. The zero-order valence-electron chi connectivity index (χ0n) is 14.0. The zero-order chi connectivity index (χ0) is 17.5. The van der Waals surface area contributed by atoms with Crippen LogP contribution in [0.25, 0.3) is 0 Å². The van der Waals surface area contributed by atoms with Crippen LogP contribution in [0.1, 0.15) is 32.6 Å². The lowest BCUT2D eigenvalue weighted by Gasteiger charge is -2.26. The van der Waals surface area contributed by atoms with Gasteiger partial charge in [-0.3, -0.25) is 4.79 Å². The largest absolute Gasteiger partial charge is 0.493 e. The standard InChI is InChI=1S/C17H24N2O5/c1-3-24-14-9-8-13(10-15(14)23-2)19-17(22)18-12-6-4-11(5-7-12)16(20)21/h8-12H,3-7H2,1-2H3,(H,20,21)(H2,18,19,22). The first-order valence-corrected chi connectivity index (χ1v) is 8.14. The Kier molecular flexibility index (Phi) is 6.28. The summed E-state index contributed by atoms with van der Waals surface area (Å²) < 4.78 is 10.7. The molecule has 2 amide bonds. The summed E-state index contributed by atoms with van der Waals surface area (Å²) in [7, 11) is 1.54. The molecular weight excluding hydrogens is 312 g/mol. The summed E-state index contributed by atoms with van der Waals surface area (Å²) in [5.41, 5.74) is 0.604. The number of carbonyl (C=O) groups is 2. The lowest BCUT2D eigenvalue weighted by molar-refractivity contribution is -0.142. The highest BCUT2D eigenvalue weighted by molar-refractivity contribution is 5.89. The molecule has 0 bridgehead atoms. The Morgan fingerprint density at radius 3 is 2.50 bits per heavy atom. The molecule has 0 heterocycles. The molecule has 2 rings (SSSR count). The van der Waals surface area contributed by atoms with Gasteiger partial charge in [-0.1, -0.05) is 0 Å². The van der Waals surface area contributed by atoms with Gasteiger partial charge >= 0.3 is 12.0 Å². The Bertz CT molecular complexity index is 582. The summed E-state index contributed by atoms with van der Waals surface area (Å²) in [6.07, 6.45) is 2.54. The summed E-state index contributed by atoms with van der Waals surface area (Å²) in [6, 6.07) is 4.89. The van der Waals surface area contributed by atoms with Gasteiger partial charge in [0.1, 0.15) is 0 Å². The average Bonchev–Trinajstić information content (AvgIpc) is 2.56. The van der Waals surface area contributed by atoms with E-state index in [0.717, 1.165) is 0 Å². The molecule has 7 heteroatoms. The second-order valence-electron chi connectivity index (χ2n) is 5.78. The first kappa shape index (κ1) is 17.9. The van der Waals surface area contributed by atoms with Gasteiger partial charge in [-0.15, -0.1) is 0 Å². The molecule has 0 radical (unpaired) electrons. The Hall–Kier alpha value is -2.44. The van der Waals surface area contributed by atoms with E-state index in [1.54, 1.807) is 25.3 Å². The molecule has 1 aromatic carbocycles. The molecule has 132 valence electrons. The van der Waals surface area contributed by atoms with E-state index in [2.05, 4.69) is 10.6 Å². The highest BCUT2D eigenvalue weighted by atomic mass is 16.5. The van der Waals surface area contributed by atoms with E-state index in [1.807, 2.05) is 6.92 Å². The van der Waals surface area contributed by atoms with E-state index in [9.17, 15) is 9.59 Å². The SMILES string of the molecule is CCOc1ccc(NC(=O)NC2CCC(C(=O)O)CC2)cc1OC.